The third-order valence-electron chi connectivity index (χ3n) is 4.71. The number of amides is 1. The van der Waals surface area contributed by atoms with Gasteiger partial charge in [0.1, 0.15) is 5.75 Å². The fourth-order valence-corrected chi connectivity index (χ4v) is 3.59. The van der Waals surface area contributed by atoms with Crippen molar-refractivity contribution in [3.8, 4) is 28.3 Å². The molecule has 1 saturated heterocycles. The summed E-state index contributed by atoms with van der Waals surface area (Å²) >= 11 is 6.31. The number of aromatic nitrogens is 2. The van der Waals surface area contributed by atoms with Gasteiger partial charge in [-0.2, -0.15) is 0 Å². The summed E-state index contributed by atoms with van der Waals surface area (Å²) in [5.74, 6) is -0.0112. The Hall–Kier alpha value is -2.83. The Morgan fingerprint density at radius 2 is 2.11 bits per heavy atom. The second-order valence-corrected chi connectivity index (χ2v) is 7.06. The van der Waals surface area contributed by atoms with Crippen LogP contribution in [0.15, 0.2) is 54.9 Å². The zero-order chi connectivity index (χ0) is 19.5. The SMILES string of the molecule is NC(=O)COc1ccc(Cl)cc1-c1c(-c2ccccc2)ncn1C1CCOC1. The third kappa shape index (κ3) is 3.74. The number of nitrogens with two attached hydrogens (primary N) is 1. The quantitative estimate of drug-likeness (QED) is 0.687. The second-order valence-electron chi connectivity index (χ2n) is 6.63. The lowest BCUT2D eigenvalue weighted by Crippen LogP contribution is -2.20. The van der Waals surface area contributed by atoms with E-state index in [0.29, 0.717) is 24.0 Å². The first-order valence-electron chi connectivity index (χ1n) is 9.04. The molecule has 28 heavy (non-hydrogen) atoms. The van der Waals surface area contributed by atoms with Crippen LogP contribution < -0.4 is 10.5 Å². The van der Waals surface area contributed by atoms with E-state index in [-0.39, 0.29) is 12.6 Å². The monoisotopic (exact) mass is 397 g/mol. The lowest BCUT2D eigenvalue weighted by molar-refractivity contribution is -0.119. The van der Waals surface area contributed by atoms with Crippen molar-refractivity contribution in [1.82, 2.24) is 9.55 Å². The third-order valence-corrected chi connectivity index (χ3v) is 4.94. The van der Waals surface area contributed by atoms with Crippen molar-refractivity contribution in [2.24, 2.45) is 5.73 Å². The molecule has 1 aromatic heterocycles. The summed E-state index contributed by atoms with van der Waals surface area (Å²) in [7, 11) is 0. The number of hydrogen-bond donors (Lipinski definition) is 1. The molecule has 3 aromatic rings. The van der Waals surface area contributed by atoms with Gasteiger partial charge in [-0.1, -0.05) is 41.9 Å². The molecule has 0 aliphatic carbocycles. The average Bonchev–Trinajstić information content (AvgIpc) is 3.37. The van der Waals surface area contributed by atoms with Crippen LogP contribution in [0.1, 0.15) is 12.5 Å². The first-order valence-corrected chi connectivity index (χ1v) is 9.42. The summed E-state index contributed by atoms with van der Waals surface area (Å²) in [5, 5.41) is 0.566. The molecule has 4 rings (SSSR count). The van der Waals surface area contributed by atoms with Gasteiger partial charge < -0.3 is 19.8 Å². The van der Waals surface area contributed by atoms with E-state index < -0.39 is 5.91 Å². The van der Waals surface area contributed by atoms with Gasteiger partial charge in [0.15, 0.2) is 6.61 Å². The van der Waals surface area contributed by atoms with Crippen molar-refractivity contribution in [2.45, 2.75) is 12.5 Å². The molecule has 1 atom stereocenters. The predicted octanol–water partition coefficient (Wildman–Crippen LogP) is 3.70. The maximum atomic E-state index is 11.2. The van der Waals surface area contributed by atoms with E-state index in [4.69, 9.17) is 31.8 Å². The van der Waals surface area contributed by atoms with E-state index in [2.05, 4.69) is 4.57 Å². The Labute approximate surface area is 167 Å². The highest BCUT2D eigenvalue weighted by molar-refractivity contribution is 6.31. The zero-order valence-corrected chi connectivity index (χ0v) is 15.9. The van der Waals surface area contributed by atoms with Gasteiger partial charge in [0.05, 0.1) is 30.4 Å². The largest absolute Gasteiger partial charge is 0.483 e. The molecule has 2 aromatic carbocycles. The summed E-state index contributed by atoms with van der Waals surface area (Å²) in [6.45, 7) is 1.12. The van der Waals surface area contributed by atoms with Crippen molar-refractivity contribution in [3.05, 3.63) is 59.9 Å². The van der Waals surface area contributed by atoms with E-state index in [1.165, 1.54) is 0 Å². The molecule has 1 aliphatic rings. The molecule has 0 spiro atoms. The van der Waals surface area contributed by atoms with Gasteiger partial charge in [-0.3, -0.25) is 4.79 Å². The molecular weight excluding hydrogens is 378 g/mol. The van der Waals surface area contributed by atoms with Crippen LogP contribution in [0.25, 0.3) is 22.5 Å². The van der Waals surface area contributed by atoms with Gasteiger partial charge in [-0.05, 0) is 24.6 Å². The van der Waals surface area contributed by atoms with Gasteiger partial charge in [0.25, 0.3) is 5.91 Å². The molecule has 1 aliphatic heterocycles. The van der Waals surface area contributed by atoms with Crippen molar-refractivity contribution in [2.75, 3.05) is 19.8 Å². The van der Waals surface area contributed by atoms with Crippen LogP contribution in [0.2, 0.25) is 5.02 Å². The minimum Gasteiger partial charge on any atom is -0.483 e. The Balaban J connectivity index is 1.89. The number of primary amides is 1. The molecule has 0 saturated carbocycles. The first-order chi connectivity index (χ1) is 13.6. The first kappa shape index (κ1) is 18.5. The number of halogens is 1. The Morgan fingerprint density at radius 1 is 1.29 bits per heavy atom. The molecule has 0 bridgehead atoms. The number of nitrogens with zero attached hydrogens (tertiary/aromatic N) is 2. The minimum absolute atomic E-state index is 0.169. The Kier molecular flexibility index (Phi) is 5.32. The highest BCUT2D eigenvalue weighted by atomic mass is 35.5. The topological polar surface area (TPSA) is 79.4 Å². The molecule has 1 amide bonds. The summed E-state index contributed by atoms with van der Waals surface area (Å²) in [6, 6.07) is 15.4. The van der Waals surface area contributed by atoms with Crippen molar-refractivity contribution >= 4 is 17.5 Å². The normalized spacial score (nSPS) is 16.2. The van der Waals surface area contributed by atoms with Crippen LogP contribution in [0.4, 0.5) is 0 Å². The summed E-state index contributed by atoms with van der Waals surface area (Å²) in [5.41, 5.74) is 8.71. The predicted molar refractivity (Wildman–Crippen MR) is 107 cm³/mol. The molecular formula is C21H20ClN3O3. The van der Waals surface area contributed by atoms with Gasteiger partial charge in [0, 0.05) is 22.8 Å². The minimum atomic E-state index is -0.540. The van der Waals surface area contributed by atoms with Crippen molar-refractivity contribution < 1.29 is 14.3 Å². The summed E-state index contributed by atoms with van der Waals surface area (Å²) < 4.78 is 13.4. The average molecular weight is 398 g/mol. The van der Waals surface area contributed by atoms with Crippen LogP contribution in [-0.4, -0.2) is 35.3 Å². The second kappa shape index (κ2) is 8.04. The maximum Gasteiger partial charge on any atom is 0.255 e. The number of benzene rings is 2. The van der Waals surface area contributed by atoms with E-state index >= 15 is 0 Å². The van der Waals surface area contributed by atoms with Crippen LogP contribution in [-0.2, 0) is 9.53 Å². The smallest absolute Gasteiger partial charge is 0.255 e. The van der Waals surface area contributed by atoms with Gasteiger partial charge >= 0.3 is 0 Å². The Morgan fingerprint density at radius 3 is 2.82 bits per heavy atom. The molecule has 0 radical (unpaired) electrons. The lowest BCUT2D eigenvalue weighted by atomic mass is 10.0. The van der Waals surface area contributed by atoms with Crippen molar-refractivity contribution in [1.29, 1.82) is 0 Å². The summed E-state index contributed by atoms with van der Waals surface area (Å²) in [4.78, 5) is 15.9. The molecule has 2 N–H and O–H groups in total. The van der Waals surface area contributed by atoms with Crippen LogP contribution in [0.3, 0.4) is 0 Å². The highest BCUT2D eigenvalue weighted by Gasteiger charge is 2.26. The maximum absolute atomic E-state index is 11.2. The highest BCUT2D eigenvalue weighted by Crippen LogP contribution is 2.40. The molecule has 6 nitrogen and oxygen atoms in total. The fourth-order valence-electron chi connectivity index (χ4n) is 3.42. The number of hydrogen-bond acceptors (Lipinski definition) is 4. The number of imidazole rings is 1. The number of carbonyl (C=O) groups is 1. The van der Waals surface area contributed by atoms with Gasteiger partial charge in [-0.15, -0.1) is 0 Å². The number of rotatable bonds is 6. The van der Waals surface area contributed by atoms with E-state index in [0.717, 1.165) is 28.9 Å². The van der Waals surface area contributed by atoms with E-state index in [9.17, 15) is 4.79 Å². The number of carbonyl (C=O) groups excluding carboxylic acids is 1. The lowest BCUT2D eigenvalue weighted by Gasteiger charge is -2.18. The standard InChI is InChI=1S/C21H20ClN3O3/c22-15-6-7-18(28-12-19(23)26)17(10-15)21-20(14-4-2-1-3-5-14)24-13-25(21)16-8-9-27-11-16/h1-7,10,13,16H,8-9,11-12H2,(H2,23,26). The van der Waals surface area contributed by atoms with E-state index in [1.54, 1.807) is 12.1 Å². The molecule has 2 heterocycles. The van der Waals surface area contributed by atoms with E-state index in [1.807, 2.05) is 42.7 Å². The number of ether oxygens (including phenoxy) is 2. The Bertz CT molecular complexity index is 982. The molecule has 1 fully saturated rings. The van der Waals surface area contributed by atoms with Gasteiger partial charge in [-0.25, -0.2) is 4.98 Å². The molecule has 1 unspecified atom stereocenters. The van der Waals surface area contributed by atoms with Crippen LogP contribution in [0.5, 0.6) is 5.75 Å². The van der Waals surface area contributed by atoms with Crippen molar-refractivity contribution in [3.63, 3.8) is 0 Å². The van der Waals surface area contributed by atoms with Gasteiger partial charge in [0.2, 0.25) is 0 Å². The molecule has 144 valence electrons. The van der Waals surface area contributed by atoms with Crippen LogP contribution in [0, 0.1) is 0 Å². The molecule has 7 heteroatoms. The zero-order valence-electron chi connectivity index (χ0n) is 15.2. The summed E-state index contributed by atoms with van der Waals surface area (Å²) in [6.07, 6.45) is 2.73. The fraction of sp³-hybridized carbons (Fsp3) is 0.238. The van der Waals surface area contributed by atoms with Crippen LogP contribution >= 0.6 is 11.6 Å².